The van der Waals surface area contributed by atoms with E-state index in [1.807, 2.05) is 0 Å². The van der Waals surface area contributed by atoms with E-state index >= 15 is 0 Å². The number of carbonyl (C=O) groups excluding carboxylic acids is 1. The Bertz CT molecular complexity index is 243. The van der Waals surface area contributed by atoms with Crippen LogP contribution in [0, 0.1) is 5.41 Å². The summed E-state index contributed by atoms with van der Waals surface area (Å²) in [4.78, 5) is 11.6. The molecule has 0 bridgehead atoms. The zero-order chi connectivity index (χ0) is 12.2. The Balaban J connectivity index is 2.20. The second-order valence-electron chi connectivity index (χ2n) is 4.31. The summed E-state index contributed by atoms with van der Waals surface area (Å²) in [5.74, 6) is -0.191. The highest BCUT2D eigenvalue weighted by molar-refractivity contribution is 5.83. The van der Waals surface area contributed by atoms with Gasteiger partial charge in [-0.25, -0.2) is 0 Å². The summed E-state index contributed by atoms with van der Waals surface area (Å²) >= 11 is 0. The SMILES string of the molecule is NCC1(C(=O)NCCCC(F)(F)F)CCC1. The van der Waals surface area contributed by atoms with Gasteiger partial charge in [0.1, 0.15) is 0 Å². The molecule has 0 radical (unpaired) electrons. The molecule has 0 spiro atoms. The van der Waals surface area contributed by atoms with E-state index in [2.05, 4.69) is 5.32 Å². The number of carbonyl (C=O) groups is 1. The lowest BCUT2D eigenvalue weighted by molar-refractivity contribution is -0.139. The van der Waals surface area contributed by atoms with E-state index in [4.69, 9.17) is 5.73 Å². The first-order chi connectivity index (χ1) is 7.40. The second kappa shape index (κ2) is 5.03. The van der Waals surface area contributed by atoms with E-state index in [-0.39, 0.29) is 25.4 Å². The number of alkyl halides is 3. The first-order valence-electron chi connectivity index (χ1n) is 5.45. The molecule has 1 aliphatic carbocycles. The van der Waals surface area contributed by atoms with Crippen molar-refractivity contribution in [3.05, 3.63) is 0 Å². The lowest BCUT2D eigenvalue weighted by Gasteiger charge is -2.39. The first kappa shape index (κ1) is 13.3. The Labute approximate surface area is 92.6 Å². The van der Waals surface area contributed by atoms with Crippen molar-refractivity contribution in [1.82, 2.24) is 5.32 Å². The summed E-state index contributed by atoms with van der Waals surface area (Å²) in [6.07, 6.45) is -2.62. The number of nitrogens with one attached hydrogen (secondary N) is 1. The van der Waals surface area contributed by atoms with E-state index in [1.165, 1.54) is 0 Å². The van der Waals surface area contributed by atoms with Gasteiger partial charge in [0, 0.05) is 19.5 Å². The molecule has 0 saturated heterocycles. The maximum Gasteiger partial charge on any atom is 0.389 e. The van der Waals surface area contributed by atoms with Gasteiger partial charge in [-0.15, -0.1) is 0 Å². The van der Waals surface area contributed by atoms with Crippen molar-refractivity contribution in [2.45, 2.75) is 38.3 Å². The fourth-order valence-electron chi connectivity index (χ4n) is 1.81. The monoisotopic (exact) mass is 238 g/mol. The van der Waals surface area contributed by atoms with Crippen LogP contribution in [0.1, 0.15) is 32.1 Å². The summed E-state index contributed by atoms with van der Waals surface area (Å²) in [5, 5.41) is 2.53. The smallest absolute Gasteiger partial charge is 0.356 e. The maximum absolute atomic E-state index is 11.8. The number of amides is 1. The number of halogens is 3. The lowest BCUT2D eigenvalue weighted by Crippen LogP contribution is -2.50. The van der Waals surface area contributed by atoms with Crippen LogP contribution in [0.2, 0.25) is 0 Å². The van der Waals surface area contributed by atoms with Crippen LogP contribution >= 0.6 is 0 Å². The molecular weight excluding hydrogens is 221 g/mol. The Morgan fingerprint density at radius 2 is 2.00 bits per heavy atom. The van der Waals surface area contributed by atoms with Gasteiger partial charge in [0.2, 0.25) is 5.91 Å². The molecule has 1 fully saturated rings. The Morgan fingerprint density at radius 3 is 2.38 bits per heavy atom. The van der Waals surface area contributed by atoms with E-state index in [9.17, 15) is 18.0 Å². The molecule has 1 rings (SSSR count). The molecule has 1 aliphatic rings. The van der Waals surface area contributed by atoms with Crippen LogP contribution < -0.4 is 11.1 Å². The molecule has 0 aliphatic heterocycles. The summed E-state index contributed by atoms with van der Waals surface area (Å²) in [5.41, 5.74) is 5.00. The number of nitrogens with two attached hydrogens (primary N) is 1. The van der Waals surface area contributed by atoms with E-state index in [1.54, 1.807) is 0 Å². The summed E-state index contributed by atoms with van der Waals surface area (Å²) in [6, 6.07) is 0. The molecule has 3 nitrogen and oxygen atoms in total. The Kier molecular flexibility index (Phi) is 4.18. The van der Waals surface area contributed by atoms with Gasteiger partial charge in [0.05, 0.1) is 5.41 Å². The quantitative estimate of drug-likeness (QED) is 0.714. The number of rotatable bonds is 5. The molecule has 0 aromatic rings. The van der Waals surface area contributed by atoms with Gasteiger partial charge in [-0.3, -0.25) is 4.79 Å². The predicted octanol–water partition coefficient (Wildman–Crippen LogP) is 1.57. The van der Waals surface area contributed by atoms with Crippen LogP contribution in [0.15, 0.2) is 0 Å². The van der Waals surface area contributed by atoms with Gasteiger partial charge in [-0.1, -0.05) is 6.42 Å². The van der Waals surface area contributed by atoms with Crippen LogP contribution in [0.3, 0.4) is 0 Å². The predicted molar refractivity (Wildman–Crippen MR) is 53.6 cm³/mol. The Hall–Kier alpha value is -0.780. The third-order valence-corrected chi connectivity index (χ3v) is 3.11. The molecule has 0 unspecified atom stereocenters. The van der Waals surface area contributed by atoms with Crippen LogP contribution in [0.25, 0.3) is 0 Å². The van der Waals surface area contributed by atoms with Crippen molar-refractivity contribution >= 4 is 5.91 Å². The highest BCUT2D eigenvalue weighted by Crippen LogP contribution is 2.39. The van der Waals surface area contributed by atoms with Crippen molar-refractivity contribution in [1.29, 1.82) is 0 Å². The van der Waals surface area contributed by atoms with Gasteiger partial charge >= 0.3 is 6.18 Å². The molecular formula is C10H17F3N2O. The molecule has 1 saturated carbocycles. The molecule has 1 amide bonds. The van der Waals surface area contributed by atoms with Crippen LogP contribution in [0.5, 0.6) is 0 Å². The van der Waals surface area contributed by atoms with Gasteiger partial charge in [-0.05, 0) is 19.3 Å². The van der Waals surface area contributed by atoms with Crippen LogP contribution in [-0.4, -0.2) is 25.2 Å². The average molecular weight is 238 g/mol. The van der Waals surface area contributed by atoms with Crippen molar-refractivity contribution in [3.63, 3.8) is 0 Å². The molecule has 0 atom stereocenters. The third kappa shape index (κ3) is 3.37. The molecule has 6 heteroatoms. The van der Waals surface area contributed by atoms with Crippen molar-refractivity contribution in [2.75, 3.05) is 13.1 Å². The topological polar surface area (TPSA) is 55.1 Å². The first-order valence-corrected chi connectivity index (χ1v) is 5.45. The minimum absolute atomic E-state index is 0.0695. The third-order valence-electron chi connectivity index (χ3n) is 3.11. The molecule has 94 valence electrons. The van der Waals surface area contributed by atoms with E-state index < -0.39 is 18.0 Å². The largest absolute Gasteiger partial charge is 0.389 e. The lowest BCUT2D eigenvalue weighted by atomic mass is 9.68. The molecule has 0 heterocycles. The normalized spacial score (nSPS) is 19.0. The van der Waals surface area contributed by atoms with E-state index in [0.717, 1.165) is 19.3 Å². The van der Waals surface area contributed by atoms with Crippen LogP contribution in [-0.2, 0) is 4.79 Å². The standard InChI is InChI=1S/C10H17F3N2O/c11-10(12,13)5-2-6-15-8(16)9(7-14)3-1-4-9/h1-7,14H2,(H,15,16). The van der Waals surface area contributed by atoms with Gasteiger partial charge in [-0.2, -0.15) is 13.2 Å². The Morgan fingerprint density at radius 1 is 1.38 bits per heavy atom. The van der Waals surface area contributed by atoms with Gasteiger partial charge < -0.3 is 11.1 Å². The maximum atomic E-state index is 11.8. The highest BCUT2D eigenvalue weighted by atomic mass is 19.4. The summed E-state index contributed by atoms with van der Waals surface area (Å²) < 4.78 is 35.5. The fraction of sp³-hybridized carbons (Fsp3) is 0.900. The molecule has 0 aromatic heterocycles. The van der Waals surface area contributed by atoms with Gasteiger partial charge in [0.15, 0.2) is 0 Å². The molecule has 3 N–H and O–H groups in total. The summed E-state index contributed by atoms with van der Waals surface area (Å²) in [7, 11) is 0. The highest BCUT2D eigenvalue weighted by Gasteiger charge is 2.42. The minimum atomic E-state index is -4.15. The van der Waals surface area contributed by atoms with Crippen molar-refractivity contribution in [2.24, 2.45) is 11.1 Å². The van der Waals surface area contributed by atoms with E-state index in [0.29, 0.717) is 0 Å². The number of hydrogen-bond donors (Lipinski definition) is 2. The fourth-order valence-corrected chi connectivity index (χ4v) is 1.81. The van der Waals surface area contributed by atoms with Crippen molar-refractivity contribution in [3.8, 4) is 0 Å². The van der Waals surface area contributed by atoms with Gasteiger partial charge in [0.25, 0.3) is 0 Å². The molecule has 0 aromatic carbocycles. The minimum Gasteiger partial charge on any atom is -0.356 e. The molecule has 16 heavy (non-hydrogen) atoms. The summed E-state index contributed by atoms with van der Waals surface area (Å²) in [6.45, 7) is 0.345. The second-order valence-corrected chi connectivity index (χ2v) is 4.31. The van der Waals surface area contributed by atoms with Crippen LogP contribution in [0.4, 0.5) is 13.2 Å². The zero-order valence-corrected chi connectivity index (χ0v) is 9.07. The number of hydrogen-bond acceptors (Lipinski definition) is 2. The van der Waals surface area contributed by atoms with Crippen molar-refractivity contribution < 1.29 is 18.0 Å². The average Bonchev–Trinajstić information content (AvgIpc) is 2.10. The zero-order valence-electron chi connectivity index (χ0n) is 9.07.